The highest BCUT2D eigenvalue weighted by Gasteiger charge is 2.15. The molecule has 1 amide bonds. The van der Waals surface area contributed by atoms with Crippen molar-refractivity contribution in [3.8, 4) is 11.5 Å². The molecule has 0 spiro atoms. The molecule has 3 aromatic rings. The van der Waals surface area contributed by atoms with Crippen molar-refractivity contribution in [3.63, 3.8) is 0 Å². The number of carbonyl (C=O) groups excluding carboxylic acids is 1. The summed E-state index contributed by atoms with van der Waals surface area (Å²) in [4.78, 5) is 26.6. The van der Waals surface area contributed by atoms with E-state index >= 15 is 0 Å². The largest absolute Gasteiger partial charge is 0.334 e. The summed E-state index contributed by atoms with van der Waals surface area (Å²) in [6.45, 7) is 1.71. The van der Waals surface area contributed by atoms with Gasteiger partial charge in [-0.3, -0.25) is 14.9 Å². The minimum Gasteiger partial charge on any atom is -0.334 e. The number of nitrogens with one attached hydrogen (secondary N) is 1. The molecule has 0 aliphatic carbocycles. The summed E-state index contributed by atoms with van der Waals surface area (Å²) in [7, 11) is 0. The lowest BCUT2D eigenvalue weighted by Crippen LogP contribution is -2.11. The molecule has 3 rings (SSSR count). The lowest BCUT2D eigenvalue weighted by molar-refractivity contribution is -0.384. The monoisotopic (exact) mass is 358 g/mol. The molecule has 8 nitrogen and oxygen atoms in total. The maximum Gasteiger partial charge on any atom is 0.289 e. The van der Waals surface area contributed by atoms with Crippen LogP contribution >= 0.6 is 11.6 Å². The van der Waals surface area contributed by atoms with Crippen molar-refractivity contribution < 1.29 is 14.2 Å². The number of nitro benzene ring substituents is 1. The maximum atomic E-state index is 12.3. The van der Waals surface area contributed by atoms with Crippen LogP contribution in [0.25, 0.3) is 11.5 Å². The van der Waals surface area contributed by atoms with Crippen LogP contribution in [0.5, 0.6) is 0 Å². The van der Waals surface area contributed by atoms with E-state index in [1.165, 1.54) is 18.2 Å². The van der Waals surface area contributed by atoms with Gasteiger partial charge in [0.1, 0.15) is 5.02 Å². The van der Waals surface area contributed by atoms with Crippen LogP contribution in [-0.2, 0) is 0 Å². The first-order valence-corrected chi connectivity index (χ1v) is 7.48. The summed E-state index contributed by atoms with van der Waals surface area (Å²) in [6.07, 6.45) is 0. The van der Waals surface area contributed by atoms with E-state index in [-0.39, 0.29) is 16.4 Å². The van der Waals surface area contributed by atoms with E-state index in [4.69, 9.17) is 16.1 Å². The van der Waals surface area contributed by atoms with Crippen LogP contribution in [0.3, 0.4) is 0 Å². The SMILES string of the molecule is Cc1noc(-c2ccc(C(=O)Nc3ccc(Cl)c([N+](=O)[O-])c3)cc2)n1. The third kappa shape index (κ3) is 3.64. The number of hydrogen-bond acceptors (Lipinski definition) is 6. The van der Waals surface area contributed by atoms with E-state index in [0.29, 0.717) is 22.8 Å². The normalized spacial score (nSPS) is 10.5. The summed E-state index contributed by atoms with van der Waals surface area (Å²) >= 11 is 5.75. The summed E-state index contributed by atoms with van der Waals surface area (Å²) in [5, 5.41) is 17.2. The van der Waals surface area contributed by atoms with E-state index in [0.717, 1.165) is 0 Å². The Balaban J connectivity index is 1.77. The van der Waals surface area contributed by atoms with Gasteiger partial charge in [-0.2, -0.15) is 4.98 Å². The summed E-state index contributed by atoms with van der Waals surface area (Å²) in [5.74, 6) is 0.462. The van der Waals surface area contributed by atoms with E-state index in [1.807, 2.05) is 0 Å². The smallest absolute Gasteiger partial charge is 0.289 e. The number of rotatable bonds is 4. The number of halogens is 1. The fourth-order valence-electron chi connectivity index (χ4n) is 2.11. The van der Waals surface area contributed by atoms with Crippen molar-refractivity contribution in [2.75, 3.05) is 5.32 Å². The van der Waals surface area contributed by atoms with E-state index in [1.54, 1.807) is 31.2 Å². The molecule has 25 heavy (non-hydrogen) atoms. The van der Waals surface area contributed by atoms with Crippen LogP contribution < -0.4 is 5.32 Å². The molecule has 0 saturated heterocycles. The Kier molecular flexibility index (Phi) is 4.44. The lowest BCUT2D eigenvalue weighted by atomic mass is 10.1. The molecule has 9 heteroatoms. The van der Waals surface area contributed by atoms with Crippen molar-refractivity contribution in [1.82, 2.24) is 10.1 Å². The molecule has 1 heterocycles. The average molecular weight is 359 g/mol. The van der Waals surface area contributed by atoms with Gasteiger partial charge in [-0.15, -0.1) is 0 Å². The highest BCUT2D eigenvalue weighted by molar-refractivity contribution is 6.32. The second kappa shape index (κ2) is 6.70. The van der Waals surface area contributed by atoms with Crippen molar-refractivity contribution in [2.24, 2.45) is 0 Å². The Morgan fingerprint density at radius 1 is 1.24 bits per heavy atom. The molecule has 1 aromatic heterocycles. The number of amides is 1. The van der Waals surface area contributed by atoms with Crippen LogP contribution in [0.4, 0.5) is 11.4 Å². The zero-order chi connectivity index (χ0) is 18.0. The predicted molar refractivity (Wildman–Crippen MR) is 90.5 cm³/mol. The average Bonchev–Trinajstić information content (AvgIpc) is 3.03. The van der Waals surface area contributed by atoms with Gasteiger partial charge in [-0.25, -0.2) is 0 Å². The minimum atomic E-state index is -0.612. The molecular weight excluding hydrogens is 348 g/mol. The zero-order valence-electron chi connectivity index (χ0n) is 12.9. The number of aromatic nitrogens is 2. The van der Waals surface area contributed by atoms with Gasteiger partial charge >= 0.3 is 0 Å². The second-order valence-corrected chi connectivity index (χ2v) is 5.51. The number of hydrogen-bond donors (Lipinski definition) is 1. The molecule has 126 valence electrons. The summed E-state index contributed by atoms with van der Waals surface area (Å²) in [5.41, 5.74) is 1.05. The highest BCUT2D eigenvalue weighted by atomic mass is 35.5. The third-order valence-corrected chi connectivity index (χ3v) is 3.64. The molecule has 0 atom stereocenters. The first-order valence-electron chi connectivity index (χ1n) is 7.10. The van der Waals surface area contributed by atoms with Gasteiger partial charge < -0.3 is 9.84 Å². The molecule has 0 saturated carbocycles. The van der Waals surface area contributed by atoms with Crippen molar-refractivity contribution in [1.29, 1.82) is 0 Å². The summed E-state index contributed by atoms with van der Waals surface area (Å²) in [6, 6.07) is 10.6. The molecule has 0 bridgehead atoms. The van der Waals surface area contributed by atoms with E-state index < -0.39 is 10.8 Å². The van der Waals surface area contributed by atoms with Gasteiger partial charge in [-0.05, 0) is 43.3 Å². The quantitative estimate of drug-likeness (QED) is 0.560. The number of anilines is 1. The molecule has 0 radical (unpaired) electrons. The number of nitro groups is 1. The number of nitrogens with zero attached hydrogens (tertiary/aromatic N) is 3. The fourth-order valence-corrected chi connectivity index (χ4v) is 2.30. The molecule has 1 N–H and O–H groups in total. The highest BCUT2D eigenvalue weighted by Crippen LogP contribution is 2.27. The first-order chi connectivity index (χ1) is 11.9. The topological polar surface area (TPSA) is 111 Å². The second-order valence-electron chi connectivity index (χ2n) is 5.10. The summed E-state index contributed by atoms with van der Waals surface area (Å²) < 4.78 is 5.06. The Bertz CT molecular complexity index is 953. The van der Waals surface area contributed by atoms with Gasteiger partial charge in [-0.1, -0.05) is 16.8 Å². The first kappa shape index (κ1) is 16.6. The van der Waals surface area contributed by atoms with Crippen LogP contribution in [-0.4, -0.2) is 21.0 Å². The van der Waals surface area contributed by atoms with E-state index in [9.17, 15) is 14.9 Å². The molecular formula is C16H11ClN4O4. The molecule has 0 fully saturated rings. The van der Waals surface area contributed by atoms with Gasteiger partial charge in [0, 0.05) is 22.9 Å². The Hall–Kier alpha value is -3.26. The number of benzene rings is 2. The fraction of sp³-hybridized carbons (Fsp3) is 0.0625. The maximum absolute atomic E-state index is 12.3. The van der Waals surface area contributed by atoms with Crippen LogP contribution in [0, 0.1) is 17.0 Å². The van der Waals surface area contributed by atoms with Gasteiger partial charge in [0.2, 0.25) is 0 Å². The van der Waals surface area contributed by atoms with Gasteiger partial charge in [0.25, 0.3) is 17.5 Å². The molecule has 0 unspecified atom stereocenters. The third-order valence-electron chi connectivity index (χ3n) is 3.32. The van der Waals surface area contributed by atoms with E-state index in [2.05, 4.69) is 15.5 Å². The zero-order valence-corrected chi connectivity index (χ0v) is 13.6. The lowest BCUT2D eigenvalue weighted by Gasteiger charge is -2.06. The van der Waals surface area contributed by atoms with Crippen molar-refractivity contribution >= 4 is 28.9 Å². The van der Waals surface area contributed by atoms with Crippen LogP contribution in [0.1, 0.15) is 16.2 Å². The Labute approximate surface area is 146 Å². The van der Waals surface area contributed by atoms with Crippen molar-refractivity contribution in [3.05, 3.63) is 69.0 Å². The standard InChI is InChI=1S/C16H11ClN4O4/c1-9-18-16(25-20-9)11-4-2-10(3-5-11)15(22)19-12-6-7-13(17)14(8-12)21(23)24/h2-8H,1H3,(H,19,22). The molecule has 2 aromatic carbocycles. The van der Waals surface area contributed by atoms with Gasteiger partial charge in [0.15, 0.2) is 5.82 Å². The van der Waals surface area contributed by atoms with Gasteiger partial charge in [0.05, 0.1) is 4.92 Å². The number of aryl methyl sites for hydroxylation is 1. The van der Waals surface area contributed by atoms with Crippen LogP contribution in [0.15, 0.2) is 47.0 Å². The minimum absolute atomic E-state index is 0.00204. The molecule has 0 aliphatic heterocycles. The van der Waals surface area contributed by atoms with Crippen molar-refractivity contribution in [2.45, 2.75) is 6.92 Å². The Morgan fingerprint density at radius 2 is 1.96 bits per heavy atom. The predicted octanol–water partition coefficient (Wildman–Crippen LogP) is 3.86. The molecule has 0 aliphatic rings. The van der Waals surface area contributed by atoms with Crippen LogP contribution in [0.2, 0.25) is 5.02 Å². The Morgan fingerprint density at radius 3 is 2.56 bits per heavy atom. The number of carbonyl (C=O) groups is 1.